The summed E-state index contributed by atoms with van der Waals surface area (Å²) < 4.78 is 0. The average molecular weight is 236 g/mol. The Morgan fingerprint density at radius 1 is 1.59 bits per heavy atom. The maximum atomic E-state index is 12.8. The normalized spacial score (nSPS) is 28.4. The lowest BCUT2D eigenvalue weighted by Gasteiger charge is -2.36. The summed E-state index contributed by atoms with van der Waals surface area (Å²) in [6.07, 6.45) is 5.17. The van der Waals surface area contributed by atoms with Gasteiger partial charge < -0.3 is 10.2 Å². The number of carbonyl (C=O) groups is 1. The van der Waals surface area contributed by atoms with Crippen LogP contribution in [0.3, 0.4) is 0 Å². The molecule has 1 saturated carbocycles. The van der Waals surface area contributed by atoms with Crippen molar-refractivity contribution in [1.82, 2.24) is 10.2 Å². The van der Waals surface area contributed by atoms with Crippen molar-refractivity contribution in [1.29, 1.82) is 0 Å². The molecule has 0 aromatic heterocycles. The van der Waals surface area contributed by atoms with Crippen LogP contribution in [0, 0.1) is 11.3 Å². The zero-order valence-corrected chi connectivity index (χ0v) is 11.0. The summed E-state index contributed by atoms with van der Waals surface area (Å²) in [6, 6.07) is 0.483. The Morgan fingerprint density at radius 3 is 2.71 bits per heavy atom. The van der Waals surface area contributed by atoms with Gasteiger partial charge in [0.05, 0.1) is 5.41 Å². The Bertz CT molecular complexity index is 301. The molecule has 0 spiro atoms. The van der Waals surface area contributed by atoms with Crippen molar-refractivity contribution in [3.8, 4) is 0 Å². The van der Waals surface area contributed by atoms with Crippen LogP contribution in [0.4, 0.5) is 0 Å². The maximum Gasteiger partial charge on any atom is 0.230 e. The third-order valence-electron chi connectivity index (χ3n) is 4.29. The molecule has 2 aliphatic rings. The molecule has 0 aromatic carbocycles. The molecule has 0 aromatic rings. The monoisotopic (exact) mass is 236 g/mol. The summed E-state index contributed by atoms with van der Waals surface area (Å²) in [5.41, 5.74) is -0.175. The molecule has 0 bridgehead atoms. The maximum absolute atomic E-state index is 12.8. The molecule has 1 N–H and O–H groups in total. The van der Waals surface area contributed by atoms with Crippen LogP contribution in [-0.2, 0) is 4.79 Å². The molecule has 1 heterocycles. The van der Waals surface area contributed by atoms with Crippen molar-refractivity contribution >= 4 is 5.91 Å². The summed E-state index contributed by atoms with van der Waals surface area (Å²) in [4.78, 5) is 14.9. The van der Waals surface area contributed by atoms with Crippen LogP contribution in [0.2, 0.25) is 0 Å². The summed E-state index contributed by atoms with van der Waals surface area (Å²) in [7, 11) is 0. The number of amides is 1. The second-order valence-electron chi connectivity index (χ2n) is 5.71. The van der Waals surface area contributed by atoms with E-state index in [-0.39, 0.29) is 5.41 Å². The first-order chi connectivity index (χ1) is 8.12. The van der Waals surface area contributed by atoms with Gasteiger partial charge in [-0.1, -0.05) is 19.9 Å². The summed E-state index contributed by atoms with van der Waals surface area (Å²) in [5, 5.41) is 3.36. The van der Waals surface area contributed by atoms with Gasteiger partial charge in [0, 0.05) is 19.1 Å². The first-order valence-electron chi connectivity index (χ1n) is 6.74. The van der Waals surface area contributed by atoms with Crippen LogP contribution in [0.25, 0.3) is 0 Å². The minimum Gasteiger partial charge on any atom is -0.335 e. The number of hydrogen-bond acceptors (Lipinski definition) is 2. The van der Waals surface area contributed by atoms with Crippen molar-refractivity contribution in [3.05, 3.63) is 12.7 Å². The van der Waals surface area contributed by atoms with Gasteiger partial charge in [-0.2, -0.15) is 0 Å². The third-order valence-corrected chi connectivity index (χ3v) is 4.29. The number of hydrogen-bond donors (Lipinski definition) is 1. The molecule has 2 rings (SSSR count). The van der Waals surface area contributed by atoms with Gasteiger partial charge in [-0.3, -0.25) is 4.79 Å². The number of carbonyl (C=O) groups excluding carboxylic acids is 1. The number of nitrogens with one attached hydrogen (secondary N) is 1. The molecule has 0 radical (unpaired) electrons. The summed E-state index contributed by atoms with van der Waals surface area (Å²) in [5.74, 6) is 0.746. The lowest BCUT2D eigenvalue weighted by molar-refractivity contribution is -0.143. The Morgan fingerprint density at radius 2 is 2.29 bits per heavy atom. The van der Waals surface area contributed by atoms with Crippen molar-refractivity contribution in [2.24, 2.45) is 11.3 Å². The zero-order chi connectivity index (χ0) is 12.5. The smallest absolute Gasteiger partial charge is 0.230 e. The quantitative estimate of drug-likeness (QED) is 0.738. The van der Waals surface area contributed by atoms with E-state index in [1.54, 1.807) is 0 Å². The molecular formula is C14H24N2O. The molecule has 3 heteroatoms. The van der Waals surface area contributed by atoms with Crippen molar-refractivity contribution in [2.45, 2.75) is 39.2 Å². The fourth-order valence-corrected chi connectivity index (χ4v) is 2.84. The molecule has 1 aliphatic carbocycles. The van der Waals surface area contributed by atoms with Crippen LogP contribution >= 0.6 is 0 Å². The first-order valence-corrected chi connectivity index (χ1v) is 6.74. The third kappa shape index (κ3) is 2.25. The van der Waals surface area contributed by atoms with Crippen LogP contribution in [0.15, 0.2) is 12.7 Å². The topological polar surface area (TPSA) is 32.3 Å². The predicted octanol–water partition coefficient (Wildman–Crippen LogP) is 1.80. The molecular weight excluding hydrogens is 212 g/mol. The second kappa shape index (κ2) is 4.81. The summed E-state index contributed by atoms with van der Waals surface area (Å²) >= 11 is 0. The largest absolute Gasteiger partial charge is 0.335 e. The molecule has 1 saturated heterocycles. The van der Waals surface area contributed by atoms with E-state index in [0.29, 0.717) is 24.4 Å². The fourth-order valence-electron chi connectivity index (χ4n) is 2.84. The van der Waals surface area contributed by atoms with Crippen LogP contribution in [0.1, 0.15) is 33.1 Å². The highest BCUT2D eigenvalue weighted by atomic mass is 16.2. The summed E-state index contributed by atoms with van der Waals surface area (Å²) in [6.45, 7) is 10.6. The Labute approximate surface area is 104 Å². The Balaban J connectivity index is 2.16. The van der Waals surface area contributed by atoms with Crippen molar-refractivity contribution in [3.63, 3.8) is 0 Å². The Hall–Kier alpha value is -0.830. The lowest BCUT2D eigenvalue weighted by Crippen LogP contribution is -2.49. The van der Waals surface area contributed by atoms with E-state index in [1.807, 2.05) is 6.08 Å². The Kier molecular flexibility index (Phi) is 3.57. The van der Waals surface area contributed by atoms with Gasteiger partial charge >= 0.3 is 0 Å². The van der Waals surface area contributed by atoms with E-state index in [9.17, 15) is 4.79 Å². The van der Waals surface area contributed by atoms with Crippen LogP contribution < -0.4 is 5.32 Å². The van der Waals surface area contributed by atoms with E-state index in [0.717, 1.165) is 19.5 Å². The van der Waals surface area contributed by atoms with E-state index in [2.05, 4.69) is 30.6 Å². The fraction of sp³-hybridized carbons (Fsp3) is 0.786. The lowest BCUT2D eigenvalue weighted by atomic mass is 9.75. The predicted molar refractivity (Wildman–Crippen MR) is 69.7 cm³/mol. The van der Waals surface area contributed by atoms with Crippen LogP contribution in [-0.4, -0.2) is 36.5 Å². The van der Waals surface area contributed by atoms with Crippen molar-refractivity contribution in [2.75, 3.05) is 19.6 Å². The highest BCUT2D eigenvalue weighted by Gasteiger charge is 2.48. The van der Waals surface area contributed by atoms with Gasteiger partial charge in [0.25, 0.3) is 0 Å². The van der Waals surface area contributed by atoms with E-state index < -0.39 is 0 Å². The highest BCUT2D eigenvalue weighted by Crippen LogP contribution is 2.39. The van der Waals surface area contributed by atoms with Crippen LogP contribution in [0.5, 0.6) is 0 Å². The molecule has 1 amide bonds. The van der Waals surface area contributed by atoms with E-state index in [1.165, 1.54) is 12.8 Å². The van der Waals surface area contributed by atoms with Gasteiger partial charge in [0.15, 0.2) is 0 Å². The first kappa shape index (κ1) is 12.6. The zero-order valence-electron chi connectivity index (χ0n) is 11.0. The van der Waals surface area contributed by atoms with Gasteiger partial charge in [-0.25, -0.2) is 0 Å². The molecule has 96 valence electrons. The van der Waals surface area contributed by atoms with E-state index >= 15 is 0 Å². The average Bonchev–Trinajstić information content (AvgIpc) is 3.00. The molecule has 1 atom stereocenters. The number of rotatable bonds is 5. The van der Waals surface area contributed by atoms with E-state index in [4.69, 9.17) is 0 Å². The van der Waals surface area contributed by atoms with Gasteiger partial charge in [0.1, 0.15) is 0 Å². The molecule has 1 aliphatic heterocycles. The van der Waals surface area contributed by atoms with Crippen molar-refractivity contribution < 1.29 is 4.79 Å². The molecule has 3 nitrogen and oxygen atoms in total. The van der Waals surface area contributed by atoms with Gasteiger partial charge in [-0.05, 0) is 31.7 Å². The van der Waals surface area contributed by atoms with Gasteiger partial charge in [-0.15, -0.1) is 6.58 Å². The SMILES string of the molecule is C=CCN(C(=O)C1(C(C)C)CCNC1)C1CC1. The number of nitrogens with zero attached hydrogens (tertiary/aromatic N) is 1. The molecule has 1 unspecified atom stereocenters. The second-order valence-corrected chi connectivity index (χ2v) is 5.71. The standard InChI is InChI=1S/C14H24N2O/c1-4-9-16(12-5-6-12)13(17)14(11(2)3)7-8-15-10-14/h4,11-12,15H,1,5-10H2,2-3H3. The molecule has 2 fully saturated rings. The molecule has 17 heavy (non-hydrogen) atoms. The van der Waals surface area contributed by atoms with Gasteiger partial charge in [0.2, 0.25) is 5.91 Å². The highest BCUT2D eigenvalue weighted by molar-refractivity contribution is 5.84. The minimum absolute atomic E-state index is 0.175. The minimum atomic E-state index is -0.175.